The molecule has 6 nitrogen and oxygen atoms in total. The molecule has 152 valence electrons. The number of nitrogens with zero attached hydrogens (tertiary/aromatic N) is 2. The van der Waals surface area contributed by atoms with Gasteiger partial charge < -0.3 is 15.0 Å². The van der Waals surface area contributed by atoms with Crippen molar-refractivity contribution in [3.05, 3.63) is 41.3 Å². The largest absolute Gasteiger partial charge is 0.487 e. The lowest BCUT2D eigenvalue weighted by atomic mass is 10.1. The van der Waals surface area contributed by atoms with Crippen LogP contribution in [0.25, 0.3) is 0 Å². The number of ether oxygens (including phenoxy) is 1. The molecule has 1 heterocycles. The Balaban J connectivity index is 1.77. The number of hydrogen-bond acceptors (Lipinski definition) is 6. The predicted octanol–water partition coefficient (Wildman–Crippen LogP) is 2.89. The molecule has 0 atom stereocenters. The summed E-state index contributed by atoms with van der Waals surface area (Å²) in [6.45, 7) is 5.60. The highest BCUT2D eigenvalue weighted by Gasteiger charge is 2.41. The van der Waals surface area contributed by atoms with Crippen molar-refractivity contribution in [2.24, 2.45) is 10.5 Å². The molecule has 0 radical (unpaired) electrons. The first-order chi connectivity index (χ1) is 13.5. The van der Waals surface area contributed by atoms with Gasteiger partial charge in [0.1, 0.15) is 17.3 Å². The number of nitrogens with one attached hydrogen (secondary N) is 2. The standard InChI is InChI=1S/C20H26F2N4O2/c1-2-20(3-4-20)14-28-19(13-27)18(26-7-5-23-6-8-26)12-24-25-17-10-15(21)9-16(22)11-17/h9-13,23,25H,2-8,14H2,1H3/b19-18-,24-12-. The Kier molecular flexibility index (Phi) is 6.61. The third kappa shape index (κ3) is 5.28. The van der Waals surface area contributed by atoms with Gasteiger partial charge in [0.05, 0.1) is 18.5 Å². The second kappa shape index (κ2) is 9.14. The average molecular weight is 392 g/mol. The summed E-state index contributed by atoms with van der Waals surface area (Å²) in [4.78, 5) is 13.7. The number of carbonyl (C=O) groups is 1. The molecule has 3 rings (SSSR count). The maximum atomic E-state index is 13.3. The van der Waals surface area contributed by atoms with Crippen LogP contribution < -0.4 is 10.7 Å². The molecule has 1 aliphatic heterocycles. The minimum absolute atomic E-state index is 0.178. The highest BCUT2D eigenvalue weighted by Crippen LogP contribution is 2.49. The van der Waals surface area contributed by atoms with Gasteiger partial charge in [-0.3, -0.25) is 10.2 Å². The molecule has 0 spiro atoms. The summed E-state index contributed by atoms with van der Waals surface area (Å²) in [5.41, 5.74) is 3.54. The van der Waals surface area contributed by atoms with Crippen LogP contribution in [-0.4, -0.2) is 50.2 Å². The van der Waals surface area contributed by atoms with Crippen LogP contribution in [0.4, 0.5) is 14.5 Å². The van der Waals surface area contributed by atoms with Crippen LogP contribution in [-0.2, 0) is 9.53 Å². The fraction of sp³-hybridized carbons (Fsp3) is 0.500. The highest BCUT2D eigenvalue weighted by molar-refractivity contribution is 5.87. The van der Waals surface area contributed by atoms with E-state index in [1.54, 1.807) is 0 Å². The Bertz CT molecular complexity index is 736. The molecule has 0 aromatic heterocycles. The zero-order valence-electron chi connectivity index (χ0n) is 16.0. The van der Waals surface area contributed by atoms with E-state index < -0.39 is 11.6 Å². The molecule has 2 fully saturated rings. The minimum Gasteiger partial charge on any atom is -0.487 e. The molecule has 2 aliphatic rings. The fourth-order valence-electron chi connectivity index (χ4n) is 3.17. The second-order valence-electron chi connectivity index (χ2n) is 7.27. The summed E-state index contributed by atoms with van der Waals surface area (Å²) < 4.78 is 32.5. The third-order valence-electron chi connectivity index (χ3n) is 5.30. The SMILES string of the molecule is CCC1(CO/C(C=O)=C(/C=N\Nc2cc(F)cc(F)c2)N2CCNCC2)CC1. The lowest BCUT2D eigenvalue weighted by Gasteiger charge is -2.30. The van der Waals surface area contributed by atoms with Gasteiger partial charge in [0.2, 0.25) is 0 Å². The lowest BCUT2D eigenvalue weighted by Crippen LogP contribution is -2.43. The number of carbonyl (C=O) groups excluding carboxylic acids is 1. The molecule has 1 aromatic rings. The van der Waals surface area contributed by atoms with Crippen molar-refractivity contribution in [2.75, 3.05) is 38.2 Å². The summed E-state index contributed by atoms with van der Waals surface area (Å²) in [7, 11) is 0. The number of anilines is 1. The van der Waals surface area contributed by atoms with Gasteiger partial charge in [-0.2, -0.15) is 5.10 Å². The summed E-state index contributed by atoms with van der Waals surface area (Å²) in [5.74, 6) is -1.15. The summed E-state index contributed by atoms with van der Waals surface area (Å²) in [6.07, 6.45) is 5.42. The number of halogens is 2. The smallest absolute Gasteiger partial charge is 0.186 e. The molecular weight excluding hydrogens is 366 g/mol. The van der Waals surface area contributed by atoms with Crippen molar-refractivity contribution in [1.82, 2.24) is 10.2 Å². The summed E-state index contributed by atoms with van der Waals surface area (Å²) in [6, 6.07) is 3.08. The molecular formula is C20H26F2N4O2. The molecule has 0 bridgehead atoms. The first-order valence-electron chi connectivity index (χ1n) is 9.58. The molecule has 28 heavy (non-hydrogen) atoms. The van der Waals surface area contributed by atoms with Crippen molar-refractivity contribution in [1.29, 1.82) is 0 Å². The Labute approximate surface area is 163 Å². The van der Waals surface area contributed by atoms with Crippen molar-refractivity contribution >= 4 is 18.2 Å². The second-order valence-corrected chi connectivity index (χ2v) is 7.27. The van der Waals surface area contributed by atoms with E-state index in [2.05, 4.69) is 22.8 Å². The Hall–Kier alpha value is -2.48. The molecule has 0 amide bonds. The minimum atomic E-state index is -0.693. The summed E-state index contributed by atoms with van der Waals surface area (Å²) in [5, 5.41) is 7.34. The van der Waals surface area contributed by atoms with E-state index in [0.29, 0.717) is 31.7 Å². The van der Waals surface area contributed by atoms with Crippen LogP contribution in [0, 0.1) is 17.0 Å². The van der Waals surface area contributed by atoms with Crippen molar-refractivity contribution in [3.63, 3.8) is 0 Å². The van der Waals surface area contributed by atoms with Crippen LogP contribution in [0.15, 0.2) is 34.8 Å². The molecule has 2 N–H and O–H groups in total. The predicted molar refractivity (Wildman–Crippen MR) is 104 cm³/mol. The lowest BCUT2D eigenvalue weighted by molar-refractivity contribution is -0.108. The quantitative estimate of drug-likeness (QED) is 0.222. The number of benzene rings is 1. The summed E-state index contributed by atoms with van der Waals surface area (Å²) >= 11 is 0. The van der Waals surface area contributed by atoms with Crippen LogP contribution in [0.2, 0.25) is 0 Å². The average Bonchev–Trinajstić information content (AvgIpc) is 3.47. The third-order valence-corrected chi connectivity index (χ3v) is 5.30. The number of piperazine rings is 1. The number of hydrazone groups is 1. The molecule has 1 saturated heterocycles. The molecule has 0 unspecified atom stereocenters. The highest BCUT2D eigenvalue weighted by atomic mass is 19.1. The van der Waals surface area contributed by atoms with E-state index in [1.165, 1.54) is 6.21 Å². The van der Waals surface area contributed by atoms with Gasteiger partial charge in [-0.1, -0.05) is 6.92 Å². The van der Waals surface area contributed by atoms with Gasteiger partial charge in [-0.05, 0) is 31.4 Å². The van der Waals surface area contributed by atoms with Crippen LogP contribution in [0.1, 0.15) is 26.2 Å². The van der Waals surface area contributed by atoms with Crippen LogP contribution in [0.3, 0.4) is 0 Å². The number of hydrogen-bond donors (Lipinski definition) is 2. The van der Waals surface area contributed by atoms with E-state index >= 15 is 0 Å². The van der Waals surface area contributed by atoms with Crippen LogP contribution in [0.5, 0.6) is 0 Å². The Morgan fingerprint density at radius 2 is 1.96 bits per heavy atom. The molecule has 8 heteroatoms. The first kappa shape index (κ1) is 20.3. The van der Waals surface area contributed by atoms with Gasteiger partial charge in [-0.25, -0.2) is 8.78 Å². The van der Waals surface area contributed by atoms with E-state index in [-0.39, 0.29) is 16.9 Å². The first-order valence-corrected chi connectivity index (χ1v) is 9.58. The maximum absolute atomic E-state index is 13.3. The van der Waals surface area contributed by atoms with Crippen LogP contribution >= 0.6 is 0 Å². The molecule has 1 saturated carbocycles. The van der Waals surface area contributed by atoms with Gasteiger partial charge in [-0.15, -0.1) is 0 Å². The van der Waals surface area contributed by atoms with Gasteiger partial charge in [0.15, 0.2) is 12.0 Å². The zero-order chi connectivity index (χ0) is 20.0. The number of allylic oxidation sites excluding steroid dienone is 2. The van der Waals surface area contributed by atoms with Gasteiger partial charge in [0.25, 0.3) is 0 Å². The van der Waals surface area contributed by atoms with Crippen molar-refractivity contribution < 1.29 is 18.3 Å². The van der Waals surface area contributed by atoms with E-state index in [0.717, 1.165) is 50.6 Å². The fourth-order valence-corrected chi connectivity index (χ4v) is 3.17. The van der Waals surface area contributed by atoms with Gasteiger partial charge in [0, 0.05) is 37.7 Å². The van der Waals surface area contributed by atoms with E-state index in [9.17, 15) is 13.6 Å². The van der Waals surface area contributed by atoms with Crippen molar-refractivity contribution in [3.8, 4) is 0 Å². The van der Waals surface area contributed by atoms with E-state index in [1.807, 2.05) is 4.90 Å². The number of rotatable bonds is 9. The normalized spacial score (nSPS) is 19.3. The maximum Gasteiger partial charge on any atom is 0.186 e. The molecule has 1 aliphatic carbocycles. The van der Waals surface area contributed by atoms with Crippen molar-refractivity contribution in [2.45, 2.75) is 26.2 Å². The zero-order valence-corrected chi connectivity index (χ0v) is 16.0. The Morgan fingerprint density at radius 1 is 1.29 bits per heavy atom. The number of aldehydes is 1. The topological polar surface area (TPSA) is 66.0 Å². The Morgan fingerprint density at radius 3 is 2.54 bits per heavy atom. The van der Waals surface area contributed by atoms with Gasteiger partial charge >= 0.3 is 0 Å². The van der Waals surface area contributed by atoms with E-state index in [4.69, 9.17) is 4.74 Å². The monoisotopic (exact) mass is 392 g/mol. The molecule has 1 aromatic carbocycles.